The molecule has 1 fully saturated rings. The number of nitrogens with zero attached hydrogens (tertiary/aromatic N) is 5. The van der Waals surface area contributed by atoms with Crippen LogP contribution in [0.15, 0.2) is 24.5 Å². The highest BCUT2D eigenvalue weighted by Crippen LogP contribution is 2.25. The van der Waals surface area contributed by atoms with Crippen LogP contribution in [-0.2, 0) is 7.05 Å². The molecule has 0 bridgehead atoms. The number of halogens is 1. The number of benzene rings is 1. The maximum atomic E-state index is 14.3. The number of hydrogen-bond donors (Lipinski definition) is 2. The van der Waals surface area contributed by atoms with Crippen molar-refractivity contribution in [3.8, 4) is 5.88 Å². The Bertz CT molecular complexity index is 1080. The molecule has 30 heavy (non-hydrogen) atoms. The molecule has 2 aromatic heterocycles. The van der Waals surface area contributed by atoms with E-state index in [0.717, 1.165) is 19.5 Å². The second-order valence-corrected chi connectivity index (χ2v) is 7.19. The van der Waals surface area contributed by atoms with Gasteiger partial charge in [0.25, 0.3) is 5.91 Å². The number of carbonyl (C=O) groups excluding carboxylic acids is 1. The molecule has 0 saturated carbocycles. The van der Waals surface area contributed by atoms with Crippen LogP contribution in [0.3, 0.4) is 0 Å². The summed E-state index contributed by atoms with van der Waals surface area (Å²) in [5.41, 5.74) is 0.765. The zero-order valence-electron chi connectivity index (χ0n) is 17.1. The minimum atomic E-state index is -0.506. The zero-order chi connectivity index (χ0) is 21.3. The molecule has 4 rings (SSSR count). The number of hydrogen-bond acceptors (Lipinski definition) is 7. The molecule has 1 aromatic carbocycles. The van der Waals surface area contributed by atoms with Gasteiger partial charge < -0.3 is 20.3 Å². The largest absolute Gasteiger partial charge is 0.477 e. The SMILES string of the molecule is CCOc1nc(N2CC[C@@H](NC)C2)ncc1C(=O)Nc1cc(F)c2nn(C)cc2c1. The van der Waals surface area contributed by atoms with Crippen molar-refractivity contribution < 1.29 is 13.9 Å². The van der Waals surface area contributed by atoms with E-state index >= 15 is 0 Å². The first-order valence-corrected chi connectivity index (χ1v) is 9.84. The van der Waals surface area contributed by atoms with Gasteiger partial charge in [-0.25, -0.2) is 9.37 Å². The molecule has 158 valence electrons. The molecule has 0 unspecified atom stereocenters. The van der Waals surface area contributed by atoms with Crippen molar-refractivity contribution in [2.45, 2.75) is 19.4 Å². The summed E-state index contributed by atoms with van der Waals surface area (Å²) in [5, 5.41) is 10.6. The average Bonchev–Trinajstić information content (AvgIpc) is 3.34. The van der Waals surface area contributed by atoms with E-state index in [0.29, 0.717) is 29.7 Å². The second-order valence-electron chi connectivity index (χ2n) is 7.19. The van der Waals surface area contributed by atoms with Gasteiger partial charge in [0.15, 0.2) is 5.82 Å². The summed E-state index contributed by atoms with van der Waals surface area (Å²) in [7, 11) is 3.64. The summed E-state index contributed by atoms with van der Waals surface area (Å²) >= 11 is 0. The van der Waals surface area contributed by atoms with Crippen LogP contribution >= 0.6 is 0 Å². The van der Waals surface area contributed by atoms with Crippen molar-refractivity contribution in [1.29, 1.82) is 0 Å². The highest BCUT2D eigenvalue weighted by molar-refractivity contribution is 6.06. The fourth-order valence-electron chi connectivity index (χ4n) is 3.57. The summed E-state index contributed by atoms with van der Waals surface area (Å²) in [6.45, 7) is 3.79. The quantitative estimate of drug-likeness (QED) is 0.638. The van der Waals surface area contributed by atoms with E-state index in [1.54, 1.807) is 19.3 Å². The highest BCUT2D eigenvalue weighted by atomic mass is 19.1. The third kappa shape index (κ3) is 3.90. The van der Waals surface area contributed by atoms with Gasteiger partial charge in [-0.15, -0.1) is 0 Å². The Morgan fingerprint density at radius 2 is 2.23 bits per heavy atom. The maximum Gasteiger partial charge on any atom is 0.262 e. The van der Waals surface area contributed by atoms with E-state index in [-0.39, 0.29) is 17.0 Å². The van der Waals surface area contributed by atoms with E-state index in [4.69, 9.17) is 4.74 Å². The lowest BCUT2D eigenvalue weighted by Crippen LogP contribution is -2.30. The van der Waals surface area contributed by atoms with Crippen molar-refractivity contribution >= 4 is 28.4 Å². The normalized spacial score (nSPS) is 16.3. The van der Waals surface area contributed by atoms with Crippen LogP contribution in [0.2, 0.25) is 0 Å². The number of nitrogens with one attached hydrogen (secondary N) is 2. The molecule has 10 heteroatoms. The Labute approximate surface area is 173 Å². The fourth-order valence-corrected chi connectivity index (χ4v) is 3.57. The molecule has 1 amide bonds. The second kappa shape index (κ2) is 8.23. The van der Waals surface area contributed by atoms with Crippen LogP contribution in [0, 0.1) is 5.82 Å². The molecule has 0 radical (unpaired) electrons. The molecule has 2 N–H and O–H groups in total. The van der Waals surface area contributed by atoms with Gasteiger partial charge >= 0.3 is 0 Å². The number of rotatable bonds is 6. The number of anilines is 2. The molecular weight excluding hydrogens is 389 g/mol. The van der Waals surface area contributed by atoms with Crippen molar-refractivity contribution in [1.82, 2.24) is 25.1 Å². The Morgan fingerprint density at radius 1 is 1.40 bits per heavy atom. The Hall–Kier alpha value is -3.27. The van der Waals surface area contributed by atoms with Crippen molar-refractivity contribution in [2.24, 2.45) is 7.05 Å². The zero-order valence-corrected chi connectivity index (χ0v) is 17.1. The number of fused-ring (bicyclic) bond motifs is 1. The number of amides is 1. The molecule has 1 aliphatic heterocycles. The Balaban J connectivity index is 1.58. The summed E-state index contributed by atoms with van der Waals surface area (Å²) in [5.74, 6) is -0.248. The fraction of sp³-hybridized carbons (Fsp3) is 0.400. The van der Waals surface area contributed by atoms with Crippen molar-refractivity contribution in [2.75, 3.05) is 37.0 Å². The average molecular weight is 413 g/mol. The molecule has 3 heterocycles. The molecule has 0 aliphatic carbocycles. The molecular formula is C20H24FN7O2. The predicted molar refractivity (Wildman–Crippen MR) is 112 cm³/mol. The molecule has 1 saturated heterocycles. The lowest BCUT2D eigenvalue weighted by atomic mass is 10.2. The van der Waals surface area contributed by atoms with Gasteiger partial charge in [0.1, 0.15) is 11.1 Å². The number of aromatic nitrogens is 4. The predicted octanol–water partition coefficient (Wildman–Crippen LogP) is 1.95. The molecule has 1 aliphatic rings. The van der Waals surface area contributed by atoms with E-state index < -0.39 is 11.7 Å². The summed E-state index contributed by atoms with van der Waals surface area (Å²) < 4.78 is 21.4. The van der Waals surface area contributed by atoms with Crippen LogP contribution in [0.25, 0.3) is 10.9 Å². The lowest BCUT2D eigenvalue weighted by molar-refractivity contribution is 0.102. The number of likely N-dealkylation sites (N-methyl/N-ethyl adjacent to an activating group) is 1. The first-order valence-electron chi connectivity index (χ1n) is 9.84. The molecule has 3 aromatic rings. The van der Waals surface area contributed by atoms with Crippen LogP contribution in [0.4, 0.5) is 16.0 Å². The van der Waals surface area contributed by atoms with E-state index in [2.05, 4.69) is 30.6 Å². The minimum Gasteiger partial charge on any atom is -0.477 e. The minimum absolute atomic E-state index is 0.191. The third-order valence-corrected chi connectivity index (χ3v) is 5.08. The Kier molecular flexibility index (Phi) is 5.49. The van der Waals surface area contributed by atoms with Gasteiger partial charge in [0, 0.05) is 49.6 Å². The van der Waals surface area contributed by atoms with Crippen molar-refractivity contribution in [3.63, 3.8) is 0 Å². The summed E-state index contributed by atoms with van der Waals surface area (Å²) in [4.78, 5) is 23.7. The van der Waals surface area contributed by atoms with E-state index in [1.165, 1.54) is 16.9 Å². The van der Waals surface area contributed by atoms with Gasteiger partial charge in [0.05, 0.1) is 6.61 Å². The molecule has 0 spiro atoms. The first kappa shape index (κ1) is 20.0. The van der Waals surface area contributed by atoms with Crippen LogP contribution < -0.4 is 20.3 Å². The molecule has 9 nitrogen and oxygen atoms in total. The third-order valence-electron chi connectivity index (χ3n) is 5.08. The van der Waals surface area contributed by atoms with Crippen LogP contribution in [-0.4, -0.2) is 58.4 Å². The van der Waals surface area contributed by atoms with Gasteiger partial charge in [-0.1, -0.05) is 0 Å². The lowest BCUT2D eigenvalue weighted by Gasteiger charge is -2.18. The number of aryl methyl sites for hydroxylation is 1. The molecule has 1 atom stereocenters. The van der Waals surface area contributed by atoms with Gasteiger partial charge in [-0.3, -0.25) is 9.48 Å². The summed E-state index contributed by atoms with van der Waals surface area (Å²) in [6, 6.07) is 3.29. The summed E-state index contributed by atoms with van der Waals surface area (Å²) in [6.07, 6.45) is 4.13. The maximum absolute atomic E-state index is 14.3. The van der Waals surface area contributed by atoms with E-state index in [9.17, 15) is 9.18 Å². The highest BCUT2D eigenvalue weighted by Gasteiger charge is 2.25. The van der Waals surface area contributed by atoms with Gasteiger partial charge in [-0.2, -0.15) is 10.1 Å². The Morgan fingerprint density at radius 3 is 2.97 bits per heavy atom. The first-order chi connectivity index (χ1) is 14.5. The number of carbonyl (C=O) groups is 1. The topological polar surface area (TPSA) is 97.2 Å². The smallest absolute Gasteiger partial charge is 0.262 e. The van der Waals surface area contributed by atoms with Crippen LogP contribution in [0.1, 0.15) is 23.7 Å². The van der Waals surface area contributed by atoms with Gasteiger partial charge in [0.2, 0.25) is 11.8 Å². The standard InChI is InChI=1S/C20H24FN7O2/c1-4-30-19-15(9-23-20(25-19)28-6-5-13(11-28)22-2)18(29)24-14-7-12-10-27(3)26-17(12)16(21)8-14/h7-10,13,22H,4-6,11H2,1-3H3,(H,24,29)/t13-/m1/s1. The number of ether oxygens (including phenoxy) is 1. The van der Waals surface area contributed by atoms with Crippen LogP contribution in [0.5, 0.6) is 5.88 Å². The monoisotopic (exact) mass is 413 g/mol. The van der Waals surface area contributed by atoms with E-state index in [1.807, 2.05) is 14.0 Å². The van der Waals surface area contributed by atoms with Crippen molar-refractivity contribution in [3.05, 3.63) is 35.9 Å². The van der Waals surface area contributed by atoms with Gasteiger partial charge in [-0.05, 0) is 32.5 Å².